The SMILES string of the molecule is Cc1c(-c2cc[n+]3c(c2)-c2cncc[n+]2C3)c(=O)oc2cc(N)ccc12. The van der Waals surface area contributed by atoms with E-state index in [1.807, 2.05) is 49.8 Å². The van der Waals surface area contributed by atoms with Crippen molar-refractivity contribution in [3.05, 3.63) is 71.1 Å². The highest BCUT2D eigenvalue weighted by Crippen LogP contribution is 2.29. The summed E-state index contributed by atoms with van der Waals surface area (Å²) >= 11 is 0. The molecular formula is C20H16N4O2+2. The van der Waals surface area contributed by atoms with Crippen LogP contribution in [0.2, 0.25) is 0 Å². The summed E-state index contributed by atoms with van der Waals surface area (Å²) in [7, 11) is 0. The zero-order valence-electron chi connectivity index (χ0n) is 14.1. The van der Waals surface area contributed by atoms with Crippen LogP contribution in [0.4, 0.5) is 5.69 Å². The number of hydrogen-bond donors (Lipinski definition) is 1. The van der Waals surface area contributed by atoms with Gasteiger partial charge in [0.15, 0.2) is 12.4 Å². The molecule has 0 atom stereocenters. The second kappa shape index (κ2) is 5.23. The Morgan fingerprint density at radius 3 is 2.85 bits per heavy atom. The second-order valence-electron chi connectivity index (χ2n) is 6.49. The van der Waals surface area contributed by atoms with Crippen LogP contribution >= 0.6 is 0 Å². The van der Waals surface area contributed by atoms with E-state index in [1.165, 1.54) is 0 Å². The van der Waals surface area contributed by atoms with Gasteiger partial charge in [0.25, 0.3) is 5.69 Å². The third-order valence-corrected chi connectivity index (χ3v) is 4.92. The molecule has 0 saturated heterocycles. The molecule has 5 rings (SSSR count). The highest BCUT2D eigenvalue weighted by atomic mass is 16.4. The van der Waals surface area contributed by atoms with Crippen LogP contribution in [0.3, 0.4) is 0 Å². The molecular weight excluding hydrogens is 328 g/mol. The Labute approximate surface area is 148 Å². The lowest BCUT2D eigenvalue weighted by Gasteiger charge is -2.08. The number of fused-ring (bicyclic) bond motifs is 4. The number of nitrogens with zero attached hydrogens (tertiary/aromatic N) is 3. The van der Waals surface area contributed by atoms with Gasteiger partial charge in [0, 0.05) is 34.8 Å². The van der Waals surface area contributed by atoms with Crippen molar-refractivity contribution >= 4 is 16.7 Å². The Balaban J connectivity index is 1.76. The van der Waals surface area contributed by atoms with Crippen LogP contribution in [-0.2, 0) is 6.67 Å². The highest BCUT2D eigenvalue weighted by molar-refractivity contribution is 5.88. The number of anilines is 1. The van der Waals surface area contributed by atoms with Crippen LogP contribution in [0.5, 0.6) is 0 Å². The fourth-order valence-corrected chi connectivity index (χ4v) is 3.62. The quantitative estimate of drug-likeness (QED) is 0.286. The highest BCUT2D eigenvalue weighted by Gasteiger charge is 2.34. The first-order valence-electron chi connectivity index (χ1n) is 8.32. The van der Waals surface area contributed by atoms with Crippen molar-refractivity contribution in [2.75, 3.05) is 5.73 Å². The molecule has 4 aromatic rings. The maximum absolute atomic E-state index is 12.7. The molecule has 6 heteroatoms. The summed E-state index contributed by atoms with van der Waals surface area (Å²) in [4.78, 5) is 16.9. The Bertz CT molecular complexity index is 1260. The fourth-order valence-electron chi connectivity index (χ4n) is 3.62. The molecule has 0 spiro atoms. The molecule has 2 N–H and O–H groups in total. The van der Waals surface area contributed by atoms with Crippen LogP contribution in [0.25, 0.3) is 33.5 Å². The molecule has 1 aliphatic heterocycles. The summed E-state index contributed by atoms with van der Waals surface area (Å²) in [5, 5.41) is 0.887. The Morgan fingerprint density at radius 2 is 1.96 bits per heavy atom. The number of pyridine rings is 1. The summed E-state index contributed by atoms with van der Waals surface area (Å²) in [5.74, 6) is 0. The van der Waals surface area contributed by atoms with Crippen molar-refractivity contribution in [3.8, 4) is 22.5 Å². The van der Waals surface area contributed by atoms with Gasteiger partial charge in [-0.2, -0.15) is 0 Å². The normalized spacial score (nSPS) is 12.2. The number of nitrogens with two attached hydrogens (primary N) is 1. The summed E-state index contributed by atoms with van der Waals surface area (Å²) in [6.45, 7) is 2.67. The van der Waals surface area contributed by atoms with Crippen molar-refractivity contribution < 1.29 is 13.6 Å². The van der Waals surface area contributed by atoms with E-state index in [1.54, 1.807) is 12.3 Å². The standard InChI is InChI=1S/C20H15N4O2/c1-12-15-3-2-14(21)9-18(15)26-20(25)19(12)13-4-6-23-11-24-7-5-22-10-17(24)16(23)8-13/h2-10,21H,11H2,1H3/q+1/p+1. The van der Waals surface area contributed by atoms with Crippen molar-refractivity contribution in [2.45, 2.75) is 13.6 Å². The van der Waals surface area contributed by atoms with Gasteiger partial charge in [0.05, 0.1) is 11.8 Å². The van der Waals surface area contributed by atoms with E-state index in [0.29, 0.717) is 16.8 Å². The summed E-state index contributed by atoms with van der Waals surface area (Å²) in [6, 6.07) is 9.36. The summed E-state index contributed by atoms with van der Waals surface area (Å²) < 4.78 is 9.78. The second-order valence-corrected chi connectivity index (χ2v) is 6.49. The van der Waals surface area contributed by atoms with Gasteiger partial charge in [-0.1, -0.05) is 0 Å². The molecule has 1 aromatic carbocycles. The van der Waals surface area contributed by atoms with E-state index in [4.69, 9.17) is 10.2 Å². The van der Waals surface area contributed by atoms with E-state index in [9.17, 15) is 4.79 Å². The molecule has 26 heavy (non-hydrogen) atoms. The molecule has 0 radical (unpaired) electrons. The lowest BCUT2D eigenvalue weighted by molar-refractivity contribution is -0.877. The van der Waals surface area contributed by atoms with Gasteiger partial charge in [-0.3, -0.25) is 4.98 Å². The number of nitrogen functional groups attached to an aromatic ring is 1. The molecule has 6 nitrogen and oxygen atoms in total. The molecule has 1 aliphatic rings. The zero-order valence-corrected chi connectivity index (χ0v) is 14.1. The van der Waals surface area contributed by atoms with Crippen molar-refractivity contribution in [2.24, 2.45) is 0 Å². The largest absolute Gasteiger partial charge is 0.422 e. The van der Waals surface area contributed by atoms with Crippen LogP contribution in [-0.4, -0.2) is 4.98 Å². The van der Waals surface area contributed by atoms with E-state index in [-0.39, 0.29) is 5.63 Å². The van der Waals surface area contributed by atoms with Gasteiger partial charge < -0.3 is 10.2 Å². The lowest BCUT2D eigenvalue weighted by Crippen LogP contribution is -2.44. The molecule has 3 aromatic heterocycles. The molecule has 0 bridgehead atoms. The summed E-state index contributed by atoms with van der Waals surface area (Å²) in [5.41, 5.74) is 10.9. The predicted molar refractivity (Wildman–Crippen MR) is 96.1 cm³/mol. The van der Waals surface area contributed by atoms with Gasteiger partial charge >= 0.3 is 18.0 Å². The molecule has 0 unspecified atom stereocenters. The van der Waals surface area contributed by atoms with Gasteiger partial charge in [-0.05, 0) is 24.6 Å². The average molecular weight is 344 g/mol. The minimum absolute atomic E-state index is 0.359. The minimum atomic E-state index is -0.359. The van der Waals surface area contributed by atoms with Crippen molar-refractivity contribution in [1.82, 2.24) is 4.98 Å². The van der Waals surface area contributed by atoms with Crippen molar-refractivity contribution in [1.29, 1.82) is 0 Å². The van der Waals surface area contributed by atoms with E-state index in [0.717, 1.165) is 34.6 Å². The molecule has 0 saturated carbocycles. The average Bonchev–Trinajstić information content (AvgIpc) is 2.99. The van der Waals surface area contributed by atoms with E-state index < -0.39 is 0 Å². The van der Waals surface area contributed by atoms with E-state index in [2.05, 4.69) is 14.1 Å². The minimum Gasteiger partial charge on any atom is -0.422 e. The maximum Gasteiger partial charge on any atom is 0.345 e. The molecule has 4 heterocycles. The Kier molecular flexibility index (Phi) is 2.97. The number of rotatable bonds is 1. The Hall–Kier alpha value is -3.54. The third-order valence-electron chi connectivity index (χ3n) is 4.92. The van der Waals surface area contributed by atoms with Crippen LogP contribution in [0.1, 0.15) is 5.56 Å². The van der Waals surface area contributed by atoms with Crippen molar-refractivity contribution in [3.63, 3.8) is 0 Å². The first-order valence-corrected chi connectivity index (χ1v) is 8.32. The molecule has 0 amide bonds. The number of aryl methyl sites for hydroxylation is 1. The molecule has 126 valence electrons. The topological polar surface area (TPSA) is 76.9 Å². The molecule has 0 fully saturated rings. The zero-order chi connectivity index (χ0) is 17.8. The maximum atomic E-state index is 12.7. The number of aromatic nitrogens is 3. The Morgan fingerprint density at radius 1 is 1.12 bits per heavy atom. The lowest BCUT2D eigenvalue weighted by atomic mass is 9.99. The predicted octanol–water partition coefficient (Wildman–Crippen LogP) is 1.81. The monoisotopic (exact) mass is 344 g/mol. The van der Waals surface area contributed by atoms with Gasteiger partial charge in [0.2, 0.25) is 0 Å². The van der Waals surface area contributed by atoms with Gasteiger partial charge in [-0.25, -0.2) is 4.79 Å². The number of hydrogen-bond acceptors (Lipinski definition) is 4. The molecule has 0 aliphatic carbocycles. The first-order chi connectivity index (χ1) is 12.6. The van der Waals surface area contributed by atoms with Gasteiger partial charge in [0.1, 0.15) is 11.8 Å². The van der Waals surface area contributed by atoms with Crippen LogP contribution in [0.15, 0.2) is 64.3 Å². The van der Waals surface area contributed by atoms with Crippen LogP contribution in [0, 0.1) is 6.92 Å². The smallest absolute Gasteiger partial charge is 0.345 e. The third kappa shape index (κ3) is 2.05. The van der Waals surface area contributed by atoms with Crippen LogP contribution < -0.4 is 20.5 Å². The summed E-state index contributed by atoms with van der Waals surface area (Å²) in [6.07, 6.45) is 7.54. The van der Waals surface area contributed by atoms with Gasteiger partial charge in [-0.15, -0.1) is 9.13 Å². The first kappa shape index (κ1) is 14.8. The number of benzene rings is 1. The fraction of sp³-hybridized carbons (Fsp3) is 0.100. The van der Waals surface area contributed by atoms with E-state index >= 15 is 0 Å².